The Morgan fingerprint density at radius 2 is 2.20 bits per heavy atom. The van der Waals surface area contributed by atoms with Crippen LogP contribution in [-0.2, 0) is 6.54 Å². The normalized spacial score (nSPS) is 17.9. The smallest absolute Gasteiger partial charge is 0.242 e. The Hall–Kier alpha value is -1.06. The first-order chi connectivity index (χ1) is 7.38. The molecule has 1 fully saturated rings. The Bertz CT molecular complexity index is 289. The van der Waals surface area contributed by atoms with Crippen molar-refractivity contribution in [3.05, 3.63) is 6.33 Å². The molecule has 2 rings (SSSR count). The molecule has 4 heteroatoms. The first-order valence-electron chi connectivity index (χ1n) is 6.02. The number of nitrogens with one attached hydrogen (secondary N) is 1. The van der Waals surface area contributed by atoms with Crippen LogP contribution in [0.15, 0.2) is 6.33 Å². The third-order valence-corrected chi connectivity index (χ3v) is 3.13. The van der Waals surface area contributed by atoms with E-state index in [4.69, 9.17) is 0 Å². The molecule has 1 aromatic rings. The molecule has 0 aromatic carbocycles. The van der Waals surface area contributed by atoms with Gasteiger partial charge in [-0.2, -0.15) is 0 Å². The van der Waals surface area contributed by atoms with E-state index in [0.717, 1.165) is 25.0 Å². The molecule has 0 bridgehead atoms. The van der Waals surface area contributed by atoms with Gasteiger partial charge in [0.05, 0.1) is 0 Å². The minimum Gasteiger partial charge on any atom is -0.353 e. The van der Waals surface area contributed by atoms with Gasteiger partial charge in [-0.25, -0.2) is 4.98 Å². The van der Waals surface area contributed by atoms with Gasteiger partial charge in [-0.15, -0.1) is 5.10 Å². The van der Waals surface area contributed by atoms with Crippen molar-refractivity contribution < 1.29 is 0 Å². The zero-order valence-electron chi connectivity index (χ0n) is 9.45. The van der Waals surface area contributed by atoms with Crippen LogP contribution >= 0.6 is 0 Å². The van der Waals surface area contributed by atoms with E-state index in [1.807, 2.05) is 4.68 Å². The maximum Gasteiger partial charge on any atom is 0.242 e. The van der Waals surface area contributed by atoms with Crippen LogP contribution in [0.1, 0.15) is 39.0 Å². The Morgan fingerprint density at radius 1 is 1.40 bits per heavy atom. The summed E-state index contributed by atoms with van der Waals surface area (Å²) in [5.74, 6) is 1.61. The lowest BCUT2D eigenvalue weighted by Gasteiger charge is -2.21. The fourth-order valence-corrected chi connectivity index (χ4v) is 2.15. The third-order valence-electron chi connectivity index (χ3n) is 3.13. The van der Waals surface area contributed by atoms with E-state index in [2.05, 4.69) is 22.3 Å². The van der Waals surface area contributed by atoms with Gasteiger partial charge in [0.2, 0.25) is 5.95 Å². The van der Waals surface area contributed by atoms with Crippen LogP contribution in [0.25, 0.3) is 0 Å². The first kappa shape index (κ1) is 10.5. The van der Waals surface area contributed by atoms with Crippen molar-refractivity contribution in [2.75, 3.05) is 11.9 Å². The Labute approximate surface area is 91.1 Å². The van der Waals surface area contributed by atoms with Crippen LogP contribution in [0.4, 0.5) is 5.95 Å². The number of aryl methyl sites for hydroxylation is 1. The van der Waals surface area contributed by atoms with E-state index in [-0.39, 0.29) is 0 Å². The minimum atomic E-state index is 0.780. The second-order valence-electron chi connectivity index (χ2n) is 4.31. The zero-order valence-corrected chi connectivity index (χ0v) is 9.45. The molecule has 1 aliphatic rings. The zero-order chi connectivity index (χ0) is 10.5. The molecule has 84 valence electrons. The summed E-state index contributed by atoms with van der Waals surface area (Å²) in [6, 6.07) is 0. The van der Waals surface area contributed by atoms with Crippen molar-refractivity contribution in [2.45, 2.75) is 45.6 Å². The number of rotatable bonds is 4. The topological polar surface area (TPSA) is 42.7 Å². The summed E-state index contributed by atoms with van der Waals surface area (Å²) in [6.45, 7) is 3.99. The summed E-state index contributed by atoms with van der Waals surface area (Å²) in [5, 5.41) is 7.63. The van der Waals surface area contributed by atoms with Crippen LogP contribution in [0.2, 0.25) is 0 Å². The number of anilines is 1. The summed E-state index contributed by atoms with van der Waals surface area (Å²) in [7, 11) is 0. The second kappa shape index (κ2) is 5.14. The van der Waals surface area contributed by atoms with Crippen LogP contribution in [0.5, 0.6) is 0 Å². The molecular weight excluding hydrogens is 188 g/mol. The number of nitrogens with zero attached hydrogens (tertiary/aromatic N) is 3. The average molecular weight is 208 g/mol. The van der Waals surface area contributed by atoms with Gasteiger partial charge >= 0.3 is 0 Å². The molecule has 1 aliphatic carbocycles. The highest BCUT2D eigenvalue weighted by Crippen LogP contribution is 2.23. The highest BCUT2D eigenvalue weighted by Gasteiger charge is 2.13. The molecule has 0 amide bonds. The lowest BCUT2D eigenvalue weighted by molar-refractivity contribution is 0.373. The molecule has 1 heterocycles. The minimum absolute atomic E-state index is 0.780. The molecule has 0 radical (unpaired) electrons. The van der Waals surface area contributed by atoms with E-state index in [1.54, 1.807) is 6.33 Å². The molecule has 1 N–H and O–H groups in total. The second-order valence-corrected chi connectivity index (χ2v) is 4.31. The molecule has 1 saturated carbocycles. The van der Waals surface area contributed by atoms with Crippen molar-refractivity contribution in [2.24, 2.45) is 5.92 Å². The van der Waals surface area contributed by atoms with Gasteiger partial charge in [-0.1, -0.05) is 19.3 Å². The number of hydrogen-bond donors (Lipinski definition) is 1. The van der Waals surface area contributed by atoms with E-state index in [9.17, 15) is 0 Å². The molecule has 0 atom stereocenters. The predicted octanol–water partition coefficient (Wildman–Crippen LogP) is 2.29. The molecule has 0 aliphatic heterocycles. The van der Waals surface area contributed by atoms with Gasteiger partial charge in [-0.3, -0.25) is 4.68 Å². The van der Waals surface area contributed by atoms with Crippen molar-refractivity contribution in [1.29, 1.82) is 0 Å². The Morgan fingerprint density at radius 3 is 2.87 bits per heavy atom. The summed E-state index contributed by atoms with van der Waals surface area (Å²) in [6.07, 6.45) is 8.71. The maximum absolute atomic E-state index is 4.31. The third kappa shape index (κ3) is 2.94. The number of hydrogen-bond acceptors (Lipinski definition) is 3. The summed E-state index contributed by atoms with van der Waals surface area (Å²) in [5.41, 5.74) is 0. The molecule has 0 saturated heterocycles. The SMILES string of the molecule is CCn1cnc(NCC2CCCCC2)n1. The molecular formula is C11H20N4. The molecule has 0 spiro atoms. The Balaban J connectivity index is 1.76. The lowest BCUT2D eigenvalue weighted by atomic mass is 9.89. The van der Waals surface area contributed by atoms with Crippen molar-refractivity contribution in [1.82, 2.24) is 14.8 Å². The summed E-state index contributed by atoms with van der Waals surface area (Å²) >= 11 is 0. The monoisotopic (exact) mass is 208 g/mol. The maximum atomic E-state index is 4.31. The highest BCUT2D eigenvalue weighted by atomic mass is 15.4. The van der Waals surface area contributed by atoms with Gasteiger partial charge < -0.3 is 5.32 Å². The van der Waals surface area contributed by atoms with Crippen LogP contribution < -0.4 is 5.32 Å². The van der Waals surface area contributed by atoms with Gasteiger partial charge in [0.1, 0.15) is 6.33 Å². The average Bonchev–Trinajstić information content (AvgIpc) is 2.76. The quantitative estimate of drug-likeness (QED) is 0.825. The van der Waals surface area contributed by atoms with Crippen molar-refractivity contribution >= 4 is 5.95 Å². The highest BCUT2D eigenvalue weighted by molar-refractivity contribution is 5.20. The molecule has 1 aromatic heterocycles. The van der Waals surface area contributed by atoms with E-state index >= 15 is 0 Å². The van der Waals surface area contributed by atoms with Gasteiger partial charge in [0.25, 0.3) is 0 Å². The largest absolute Gasteiger partial charge is 0.353 e. The van der Waals surface area contributed by atoms with Crippen LogP contribution in [0.3, 0.4) is 0 Å². The van der Waals surface area contributed by atoms with E-state index in [0.29, 0.717) is 0 Å². The fraction of sp³-hybridized carbons (Fsp3) is 0.818. The summed E-state index contributed by atoms with van der Waals surface area (Å²) in [4.78, 5) is 4.21. The fourth-order valence-electron chi connectivity index (χ4n) is 2.15. The molecule has 0 unspecified atom stereocenters. The number of aromatic nitrogens is 3. The first-order valence-corrected chi connectivity index (χ1v) is 6.02. The van der Waals surface area contributed by atoms with E-state index in [1.165, 1.54) is 32.1 Å². The van der Waals surface area contributed by atoms with Crippen LogP contribution in [0, 0.1) is 5.92 Å². The van der Waals surface area contributed by atoms with Gasteiger partial charge in [0.15, 0.2) is 0 Å². The standard InChI is InChI=1S/C11H20N4/c1-2-15-9-13-11(14-15)12-8-10-6-4-3-5-7-10/h9-10H,2-8H2,1H3,(H,12,14). The van der Waals surface area contributed by atoms with E-state index < -0.39 is 0 Å². The lowest BCUT2D eigenvalue weighted by Crippen LogP contribution is -2.17. The molecule has 4 nitrogen and oxygen atoms in total. The van der Waals surface area contributed by atoms with Gasteiger partial charge in [-0.05, 0) is 25.7 Å². The van der Waals surface area contributed by atoms with Crippen molar-refractivity contribution in [3.8, 4) is 0 Å². The summed E-state index contributed by atoms with van der Waals surface area (Å²) < 4.78 is 1.85. The predicted molar refractivity (Wildman–Crippen MR) is 60.8 cm³/mol. The molecule has 15 heavy (non-hydrogen) atoms. The van der Waals surface area contributed by atoms with Gasteiger partial charge in [0, 0.05) is 13.1 Å². The van der Waals surface area contributed by atoms with Crippen molar-refractivity contribution in [3.63, 3.8) is 0 Å². The Kier molecular flexibility index (Phi) is 3.59. The van der Waals surface area contributed by atoms with Crippen LogP contribution in [-0.4, -0.2) is 21.3 Å².